The van der Waals surface area contributed by atoms with E-state index in [2.05, 4.69) is 0 Å². The monoisotopic (exact) mass is 241 g/mol. The first kappa shape index (κ1) is 12.4. The number of carbonyl (C=O) groups is 2. The van der Waals surface area contributed by atoms with Crippen LogP contribution in [0.25, 0.3) is 0 Å². The first-order valence-corrected chi connectivity index (χ1v) is 6.29. The molecule has 0 aromatic heterocycles. The number of hydrogen-bond donors (Lipinski definition) is 2. The van der Waals surface area contributed by atoms with E-state index in [1.165, 1.54) is 0 Å². The van der Waals surface area contributed by atoms with Crippen LogP contribution in [0.15, 0.2) is 0 Å². The number of aliphatic carboxylic acids is 1. The minimum atomic E-state index is -0.852. The number of nitrogens with zero attached hydrogens (tertiary/aromatic N) is 1. The van der Waals surface area contributed by atoms with E-state index < -0.39 is 5.97 Å². The molecule has 0 aromatic carbocycles. The molecule has 0 saturated carbocycles. The summed E-state index contributed by atoms with van der Waals surface area (Å²) in [6.45, 7) is 0. The van der Waals surface area contributed by atoms with E-state index in [0.29, 0.717) is 25.7 Å². The maximum atomic E-state index is 12.0. The smallest absolute Gasteiger partial charge is 0.303 e. The summed E-state index contributed by atoms with van der Waals surface area (Å²) < 4.78 is 0. The van der Waals surface area contributed by atoms with Crippen LogP contribution in [0.5, 0.6) is 0 Å². The molecule has 17 heavy (non-hydrogen) atoms. The molecule has 2 atom stereocenters. The van der Waals surface area contributed by atoms with Crippen molar-refractivity contribution in [3.63, 3.8) is 0 Å². The van der Waals surface area contributed by atoms with Gasteiger partial charge in [0.15, 0.2) is 0 Å². The van der Waals surface area contributed by atoms with Crippen LogP contribution in [0.2, 0.25) is 0 Å². The van der Waals surface area contributed by atoms with Crippen molar-refractivity contribution in [3.05, 3.63) is 0 Å². The van der Waals surface area contributed by atoms with Gasteiger partial charge >= 0.3 is 5.97 Å². The largest absolute Gasteiger partial charge is 0.481 e. The summed E-state index contributed by atoms with van der Waals surface area (Å²) in [6.07, 6.45) is 3.83. The highest BCUT2D eigenvalue weighted by Crippen LogP contribution is 2.36. The Kier molecular flexibility index (Phi) is 3.66. The fourth-order valence-corrected chi connectivity index (χ4v) is 3.08. The van der Waals surface area contributed by atoms with Crippen LogP contribution >= 0.6 is 0 Å². The average Bonchev–Trinajstić information content (AvgIpc) is 2.50. The molecule has 2 N–H and O–H groups in total. The van der Waals surface area contributed by atoms with Crippen molar-refractivity contribution in [1.29, 1.82) is 0 Å². The highest BCUT2D eigenvalue weighted by Gasteiger charge is 2.42. The van der Waals surface area contributed by atoms with E-state index in [-0.39, 0.29) is 30.5 Å². The first-order chi connectivity index (χ1) is 8.08. The molecule has 2 aliphatic rings. The Morgan fingerprint density at radius 1 is 1.12 bits per heavy atom. The zero-order valence-corrected chi connectivity index (χ0v) is 9.84. The van der Waals surface area contributed by atoms with Gasteiger partial charge in [-0.1, -0.05) is 0 Å². The van der Waals surface area contributed by atoms with Crippen LogP contribution < -0.4 is 0 Å². The zero-order chi connectivity index (χ0) is 12.4. The van der Waals surface area contributed by atoms with E-state index >= 15 is 0 Å². The molecule has 2 heterocycles. The minimum Gasteiger partial charge on any atom is -0.481 e. The fraction of sp³-hybridized carbons (Fsp3) is 0.833. The van der Waals surface area contributed by atoms with Crippen molar-refractivity contribution in [3.8, 4) is 0 Å². The minimum absolute atomic E-state index is 0.0531. The number of carboxylic acid groups (broad SMARTS) is 1. The molecule has 1 amide bonds. The maximum absolute atomic E-state index is 12.0. The van der Waals surface area contributed by atoms with Gasteiger partial charge in [-0.15, -0.1) is 0 Å². The summed E-state index contributed by atoms with van der Waals surface area (Å²) in [6, 6.07) is 0.363. The highest BCUT2D eigenvalue weighted by atomic mass is 16.4. The topological polar surface area (TPSA) is 77.8 Å². The average molecular weight is 241 g/mol. The normalized spacial score (nSPS) is 31.6. The Labute approximate surface area is 100 Å². The quantitative estimate of drug-likeness (QED) is 0.761. The Morgan fingerprint density at radius 3 is 2.24 bits per heavy atom. The number of fused-ring (bicyclic) bond motifs is 2. The van der Waals surface area contributed by atoms with Crippen molar-refractivity contribution in [2.45, 2.75) is 63.1 Å². The van der Waals surface area contributed by atoms with Crippen LogP contribution in [-0.4, -0.2) is 45.2 Å². The molecule has 2 rings (SSSR count). The van der Waals surface area contributed by atoms with E-state index in [4.69, 9.17) is 5.11 Å². The lowest BCUT2D eigenvalue weighted by atomic mass is 9.99. The third-order valence-electron chi connectivity index (χ3n) is 3.78. The van der Waals surface area contributed by atoms with Crippen LogP contribution in [-0.2, 0) is 9.59 Å². The van der Waals surface area contributed by atoms with E-state index in [1.807, 2.05) is 4.90 Å². The lowest BCUT2D eigenvalue weighted by Crippen LogP contribution is -2.47. The van der Waals surface area contributed by atoms with Gasteiger partial charge in [-0.05, 0) is 32.1 Å². The number of carbonyl (C=O) groups excluding carboxylic acids is 1. The molecule has 2 aliphatic heterocycles. The highest BCUT2D eigenvalue weighted by molar-refractivity contribution is 5.78. The van der Waals surface area contributed by atoms with Gasteiger partial charge in [-0.25, -0.2) is 0 Å². The van der Waals surface area contributed by atoms with Gasteiger partial charge in [0, 0.05) is 24.9 Å². The van der Waals surface area contributed by atoms with Gasteiger partial charge < -0.3 is 15.1 Å². The number of carboxylic acids is 1. The van der Waals surface area contributed by atoms with E-state index in [0.717, 1.165) is 12.8 Å². The third-order valence-corrected chi connectivity index (χ3v) is 3.78. The lowest BCUT2D eigenvalue weighted by Gasteiger charge is -2.37. The second kappa shape index (κ2) is 5.04. The Bertz CT molecular complexity index is 304. The number of rotatable bonds is 4. The van der Waals surface area contributed by atoms with Crippen molar-refractivity contribution in [1.82, 2.24) is 4.90 Å². The third kappa shape index (κ3) is 2.77. The fourth-order valence-electron chi connectivity index (χ4n) is 3.08. The molecule has 0 spiro atoms. The molecule has 5 nitrogen and oxygen atoms in total. The number of aliphatic hydroxyl groups excluding tert-OH is 1. The molecular formula is C12H19NO4. The van der Waals surface area contributed by atoms with Crippen molar-refractivity contribution in [2.24, 2.45) is 0 Å². The molecule has 96 valence electrons. The standard InChI is InChI=1S/C12H19NO4/c14-10-6-8-4-5-9(7-10)13(8)11(15)2-1-3-12(16)17/h8-10,14H,1-7H2,(H,16,17). The van der Waals surface area contributed by atoms with Crippen LogP contribution in [0.4, 0.5) is 0 Å². The summed E-state index contributed by atoms with van der Waals surface area (Å²) in [7, 11) is 0. The van der Waals surface area contributed by atoms with Crippen molar-refractivity contribution in [2.75, 3.05) is 0 Å². The summed E-state index contributed by atoms with van der Waals surface area (Å²) in [5, 5.41) is 18.2. The van der Waals surface area contributed by atoms with Gasteiger partial charge in [0.2, 0.25) is 5.91 Å². The molecule has 2 bridgehead atoms. The lowest BCUT2D eigenvalue weighted by molar-refractivity contribution is -0.138. The molecule has 5 heteroatoms. The molecule has 0 radical (unpaired) electrons. The molecule has 0 aromatic rings. The second-order valence-electron chi connectivity index (χ2n) is 5.06. The maximum Gasteiger partial charge on any atom is 0.303 e. The molecule has 2 saturated heterocycles. The van der Waals surface area contributed by atoms with Gasteiger partial charge in [0.05, 0.1) is 6.10 Å². The number of piperidine rings is 1. The predicted molar refractivity (Wildman–Crippen MR) is 60.4 cm³/mol. The van der Waals surface area contributed by atoms with Crippen molar-refractivity contribution < 1.29 is 19.8 Å². The summed E-state index contributed by atoms with van der Waals surface area (Å²) in [5.41, 5.74) is 0. The Morgan fingerprint density at radius 2 is 1.71 bits per heavy atom. The van der Waals surface area contributed by atoms with Gasteiger partial charge in [-0.3, -0.25) is 9.59 Å². The van der Waals surface area contributed by atoms with E-state index in [1.54, 1.807) is 0 Å². The predicted octanol–water partition coefficient (Wildman–Crippen LogP) is 0.756. The molecule has 2 unspecified atom stereocenters. The van der Waals surface area contributed by atoms with Gasteiger partial charge in [0.25, 0.3) is 0 Å². The molecule has 2 fully saturated rings. The van der Waals surface area contributed by atoms with E-state index in [9.17, 15) is 14.7 Å². The van der Waals surface area contributed by atoms with Crippen LogP contribution in [0.1, 0.15) is 44.9 Å². The number of aliphatic hydroxyl groups is 1. The van der Waals surface area contributed by atoms with Crippen LogP contribution in [0.3, 0.4) is 0 Å². The van der Waals surface area contributed by atoms with Crippen molar-refractivity contribution >= 4 is 11.9 Å². The zero-order valence-electron chi connectivity index (χ0n) is 9.84. The molecular weight excluding hydrogens is 222 g/mol. The molecule has 0 aliphatic carbocycles. The summed E-state index contributed by atoms with van der Waals surface area (Å²) >= 11 is 0. The van der Waals surface area contributed by atoms with Gasteiger partial charge in [-0.2, -0.15) is 0 Å². The summed E-state index contributed by atoms with van der Waals surface area (Å²) in [4.78, 5) is 24.3. The second-order valence-corrected chi connectivity index (χ2v) is 5.06. The van der Waals surface area contributed by atoms with Crippen LogP contribution in [0, 0.1) is 0 Å². The SMILES string of the molecule is O=C(O)CCCC(=O)N1C2CCC1CC(O)C2. The Balaban J connectivity index is 1.86. The first-order valence-electron chi connectivity index (χ1n) is 6.29. The van der Waals surface area contributed by atoms with Gasteiger partial charge in [0.1, 0.15) is 0 Å². The number of amides is 1. The number of hydrogen-bond acceptors (Lipinski definition) is 3. The summed E-state index contributed by atoms with van der Waals surface area (Å²) in [5.74, 6) is -0.791. The Hall–Kier alpha value is -1.10.